The highest BCUT2D eigenvalue weighted by atomic mass is 32.1. The van der Waals surface area contributed by atoms with E-state index in [0.717, 1.165) is 22.5 Å². The summed E-state index contributed by atoms with van der Waals surface area (Å²) < 4.78 is 0. The van der Waals surface area contributed by atoms with Gasteiger partial charge >= 0.3 is 0 Å². The van der Waals surface area contributed by atoms with E-state index in [9.17, 15) is 0 Å². The Balaban J connectivity index is 1.90. The monoisotopic (exact) mass is 271 g/mol. The summed E-state index contributed by atoms with van der Waals surface area (Å²) in [6.45, 7) is 2.70. The maximum absolute atomic E-state index is 5.73. The highest BCUT2D eigenvalue weighted by molar-refractivity contribution is 7.80. The lowest BCUT2D eigenvalue weighted by molar-refractivity contribution is 0.926. The number of nitrogens with two attached hydrogens (primary N) is 1. The van der Waals surface area contributed by atoms with Crippen molar-refractivity contribution >= 4 is 28.7 Å². The van der Waals surface area contributed by atoms with Crippen molar-refractivity contribution < 1.29 is 0 Å². The van der Waals surface area contributed by atoms with Crippen LogP contribution in [0.15, 0.2) is 48.5 Å². The number of rotatable bonds is 3. The first-order chi connectivity index (χ1) is 9.15. The molecule has 0 saturated carbocycles. The van der Waals surface area contributed by atoms with Crippen LogP contribution in [-0.4, -0.2) is 5.11 Å². The van der Waals surface area contributed by atoms with Gasteiger partial charge in [0.2, 0.25) is 0 Å². The minimum atomic E-state index is 0.608. The van der Waals surface area contributed by atoms with Gasteiger partial charge in [-0.15, -0.1) is 0 Å². The van der Waals surface area contributed by atoms with Gasteiger partial charge in [-0.2, -0.15) is 0 Å². The SMILES string of the molecule is Cc1ccccc1NC(=S)NCc1cccc(N)c1. The van der Waals surface area contributed by atoms with Crippen molar-refractivity contribution in [1.29, 1.82) is 0 Å². The van der Waals surface area contributed by atoms with E-state index in [4.69, 9.17) is 18.0 Å². The second kappa shape index (κ2) is 6.20. The van der Waals surface area contributed by atoms with Crippen molar-refractivity contribution in [2.75, 3.05) is 11.1 Å². The molecule has 2 rings (SSSR count). The fraction of sp³-hybridized carbons (Fsp3) is 0.133. The van der Waals surface area contributed by atoms with E-state index >= 15 is 0 Å². The van der Waals surface area contributed by atoms with Crippen LogP contribution < -0.4 is 16.4 Å². The first-order valence-electron chi connectivity index (χ1n) is 6.10. The van der Waals surface area contributed by atoms with E-state index in [0.29, 0.717) is 11.7 Å². The smallest absolute Gasteiger partial charge is 0.171 e. The minimum absolute atomic E-state index is 0.608. The molecule has 0 bridgehead atoms. The van der Waals surface area contributed by atoms with Gasteiger partial charge in [0.1, 0.15) is 0 Å². The Hall–Kier alpha value is -2.07. The summed E-state index contributed by atoms with van der Waals surface area (Å²) >= 11 is 5.27. The molecule has 0 heterocycles. The van der Waals surface area contributed by atoms with Gasteiger partial charge in [0.05, 0.1) is 0 Å². The fourth-order valence-electron chi connectivity index (χ4n) is 1.77. The molecule has 0 aliphatic heterocycles. The number of para-hydroxylation sites is 1. The van der Waals surface area contributed by atoms with Gasteiger partial charge in [-0.25, -0.2) is 0 Å². The average Bonchev–Trinajstić information content (AvgIpc) is 2.39. The molecule has 4 N–H and O–H groups in total. The molecule has 2 aromatic carbocycles. The quantitative estimate of drug-likeness (QED) is 0.593. The average molecular weight is 271 g/mol. The van der Waals surface area contributed by atoms with Crippen LogP contribution in [0.5, 0.6) is 0 Å². The third-order valence-corrected chi connectivity index (χ3v) is 3.04. The van der Waals surface area contributed by atoms with Crippen LogP contribution in [0.3, 0.4) is 0 Å². The predicted octanol–water partition coefficient (Wildman–Crippen LogP) is 3.06. The van der Waals surface area contributed by atoms with E-state index in [1.807, 2.05) is 55.5 Å². The summed E-state index contributed by atoms with van der Waals surface area (Å²) in [6, 6.07) is 15.8. The van der Waals surface area contributed by atoms with Crippen LogP contribution in [-0.2, 0) is 6.54 Å². The van der Waals surface area contributed by atoms with E-state index in [-0.39, 0.29) is 0 Å². The van der Waals surface area contributed by atoms with Crippen LogP contribution in [0, 0.1) is 6.92 Å². The maximum atomic E-state index is 5.73. The van der Waals surface area contributed by atoms with Gasteiger partial charge in [-0.1, -0.05) is 30.3 Å². The Labute approximate surface area is 118 Å². The van der Waals surface area contributed by atoms with Gasteiger partial charge in [-0.05, 0) is 48.5 Å². The minimum Gasteiger partial charge on any atom is -0.399 e. The lowest BCUT2D eigenvalue weighted by Crippen LogP contribution is -2.28. The Morgan fingerprint density at radius 3 is 2.68 bits per heavy atom. The molecule has 0 aliphatic carbocycles. The molecule has 0 aromatic heterocycles. The summed E-state index contributed by atoms with van der Waals surface area (Å²) in [4.78, 5) is 0. The molecule has 0 unspecified atom stereocenters. The lowest BCUT2D eigenvalue weighted by atomic mass is 10.2. The molecular weight excluding hydrogens is 254 g/mol. The number of aryl methyl sites for hydroxylation is 1. The van der Waals surface area contributed by atoms with Crippen LogP contribution in [0.25, 0.3) is 0 Å². The highest BCUT2D eigenvalue weighted by Crippen LogP contribution is 2.13. The van der Waals surface area contributed by atoms with Gasteiger partial charge in [-0.3, -0.25) is 0 Å². The molecule has 0 aliphatic rings. The number of anilines is 2. The molecular formula is C15H17N3S. The zero-order valence-corrected chi connectivity index (χ0v) is 11.6. The van der Waals surface area contributed by atoms with Gasteiger partial charge < -0.3 is 16.4 Å². The van der Waals surface area contributed by atoms with Crippen molar-refractivity contribution in [2.24, 2.45) is 0 Å². The van der Waals surface area contributed by atoms with Crippen molar-refractivity contribution in [3.8, 4) is 0 Å². The normalized spacial score (nSPS) is 9.95. The van der Waals surface area contributed by atoms with Gasteiger partial charge in [0.15, 0.2) is 5.11 Å². The molecule has 0 atom stereocenters. The first kappa shape index (κ1) is 13.4. The predicted molar refractivity (Wildman–Crippen MR) is 85.1 cm³/mol. The Kier molecular flexibility index (Phi) is 4.36. The second-order valence-corrected chi connectivity index (χ2v) is 4.78. The fourth-order valence-corrected chi connectivity index (χ4v) is 1.95. The molecule has 98 valence electrons. The van der Waals surface area contributed by atoms with Crippen molar-refractivity contribution in [1.82, 2.24) is 5.32 Å². The molecule has 0 amide bonds. The number of nitrogen functional groups attached to an aromatic ring is 1. The number of hydrogen-bond donors (Lipinski definition) is 3. The van der Waals surface area contributed by atoms with Crippen LogP contribution in [0.1, 0.15) is 11.1 Å². The molecule has 3 nitrogen and oxygen atoms in total. The zero-order valence-electron chi connectivity index (χ0n) is 10.8. The number of thiocarbonyl (C=S) groups is 1. The topological polar surface area (TPSA) is 50.1 Å². The molecule has 19 heavy (non-hydrogen) atoms. The van der Waals surface area contributed by atoms with E-state index in [2.05, 4.69) is 10.6 Å². The third-order valence-electron chi connectivity index (χ3n) is 2.80. The van der Waals surface area contributed by atoms with Crippen LogP contribution in [0.2, 0.25) is 0 Å². The Morgan fingerprint density at radius 1 is 1.16 bits per heavy atom. The van der Waals surface area contributed by atoms with E-state index in [1.165, 1.54) is 0 Å². The van der Waals surface area contributed by atoms with Crippen LogP contribution in [0.4, 0.5) is 11.4 Å². The van der Waals surface area contributed by atoms with Crippen molar-refractivity contribution in [3.63, 3.8) is 0 Å². The molecule has 0 radical (unpaired) electrons. The molecule has 2 aromatic rings. The zero-order chi connectivity index (χ0) is 13.7. The largest absolute Gasteiger partial charge is 0.399 e. The summed E-state index contributed by atoms with van der Waals surface area (Å²) in [6.07, 6.45) is 0. The van der Waals surface area contributed by atoms with Crippen molar-refractivity contribution in [2.45, 2.75) is 13.5 Å². The summed E-state index contributed by atoms with van der Waals surface area (Å²) in [5.74, 6) is 0. The maximum Gasteiger partial charge on any atom is 0.171 e. The summed E-state index contributed by atoms with van der Waals surface area (Å²) in [5, 5.41) is 6.96. The van der Waals surface area contributed by atoms with Crippen LogP contribution >= 0.6 is 12.2 Å². The van der Waals surface area contributed by atoms with Gasteiger partial charge in [0.25, 0.3) is 0 Å². The molecule has 0 saturated heterocycles. The Morgan fingerprint density at radius 2 is 1.95 bits per heavy atom. The second-order valence-electron chi connectivity index (χ2n) is 4.37. The lowest BCUT2D eigenvalue weighted by Gasteiger charge is -2.12. The van der Waals surface area contributed by atoms with Crippen molar-refractivity contribution in [3.05, 3.63) is 59.7 Å². The highest BCUT2D eigenvalue weighted by Gasteiger charge is 2.00. The molecule has 0 fully saturated rings. The molecule has 0 spiro atoms. The number of hydrogen-bond acceptors (Lipinski definition) is 2. The third kappa shape index (κ3) is 3.96. The standard InChI is InChI=1S/C15H17N3S/c1-11-5-2-3-8-14(11)18-15(19)17-10-12-6-4-7-13(16)9-12/h2-9H,10,16H2,1H3,(H2,17,18,19). The van der Waals surface area contributed by atoms with E-state index in [1.54, 1.807) is 0 Å². The van der Waals surface area contributed by atoms with E-state index < -0.39 is 0 Å². The summed E-state index contributed by atoms with van der Waals surface area (Å²) in [7, 11) is 0. The van der Waals surface area contributed by atoms with Gasteiger partial charge in [0, 0.05) is 17.9 Å². The molecule has 4 heteroatoms. The Bertz CT molecular complexity index is 581. The first-order valence-corrected chi connectivity index (χ1v) is 6.51. The summed E-state index contributed by atoms with van der Waals surface area (Å²) in [5.41, 5.74) is 9.78. The number of benzene rings is 2. The number of nitrogens with one attached hydrogen (secondary N) is 2.